The Labute approximate surface area is 178 Å². The van der Waals surface area contributed by atoms with E-state index in [2.05, 4.69) is 5.32 Å². The third kappa shape index (κ3) is 3.83. The predicted octanol–water partition coefficient (Wildman–Crippen LogP) is 5.39. The molecule has 0 fully saturated rings. The van der Waals surface area contributed by atoms with Crippen molar-refractivity contribution in [3.8, 4) is 22.9 Å². The van der Waals surface area contributed by atoms with Gasteiger partial charge in [0.1, 0.15) is 11.4 Å². The molecule has 31 heavy (non-hydrogen) atoms. The van der Waals surface area contributed by atoms with E-state index in [1.807, 2.05) is 43.3 Å². The summed E-state index contributed by atoms with van der Waals surface area (Å²) in [6.07, 6.45) is 3.18. The Morgan fingerprint density at radius 2 is 1.48 bits per heavy atom. The van der Waals surface area contributed by atoms with Crippen LogP contribution in [0.5, 0.6) is 0 Å². The van der Waals surface area contributed by atoms with Crippen molar-refractivity contribution in [3.05, 3.63) is 95.9 Å². The van der Waals surface area contributed by atoms with Crippen LogP contribution in [0.1, 0.15) is 21.5 Å². The van der Waals surface area contributed by atoms with Gasteiger partial charge in [-0.3, -0.25) is 4.79 Å². The highest BCUT2D eigenvalue weighted by molar-refractivity contribution is 5.97. The molecule has 5 aromatic rings. The molecule has 0 radical (unpaired) electrons. The van der Waals surface area contributed by atoms with E-state index in [1.54, 1.807) is 42.9 Å². The molecule has 1 amide bonds. The van der Waals surface area contributed by atoms with Gasteiger partial charge in [-0.05, 0) is 55.0 Å². The molecule has 0 bridgehead atoms. The minimum atomic E-state index is -0.168. The fourth-order valence-corrected chi connectivity index (χ4v) is 3.36. The molecule has 152 valence electrons. The van der Waals surface area contributed by atoms with Gasteiger partial charge in [-0.15, -0.1) is 0 Å². The molecule has 6 nitrogen and oxygen atoms in total. The SMILES string of the molecule is Cc1ccc(CNC(=O)c2ccc3nc(-c4ccco4)c(-c4ccco4)nc3c2)cc1. The zero-order valence-electron chi connectivity index (χ0n) is 16.8. The lowest BCUT2D eigenvalue weighted by Crippen LogP contribution is -2.22. The second-order valence-electron chi connectivity index (χ2n) is 7.25. The molecule has 0 atom stereocenters. The van der Waals surface area contributed by atoms with Crippen LogP contribution < -0.4 is 5.32 Å². The molecule has 0 aliphatic rings. The lowest BCUT2D eigenvalue weighted by atomic mass is 10.1. The van der Waals surface area contributed by atoms with Crippen LogP contribution in [0, 0.1) is 6.92 Å². The van der Waals surface area contributed by atoms with Crippen molar-refractivity contribution in [2.24, 2.45) is 0 Å². The standard InChI is InChI=1S/C25H19N3O3/c1-16-6-8-17(9-7-16)15-26-25(29)18-10-11-19-20(14-18)28-24(22-5-3-13-31-22)23(27-19)21-4-2-12-30-21/h2-14H,15H2,1H3,(H,26,29). The molecule has 0 aliphatic carbocycles. The van der Waals surface area contributed by atoms with Crippen molar-refractivity contribution in [2.75, 3.05) is 0 Å². The van der Waals surface area contributed by atoms with E-state index in [0.29, 0.717) is 46.0 Å². The van der Waals surface area contributed by atoms with Crippen LogP contribution in [0.25, 0.3) is 33.9 Å². The van der Waals surface area contributed by atoms with Crippen LogP contribution in [-0.4, -0.2) is 15.9 Å². The Kier molecular flexibility index (Phi) is 4.80. The van der Waals surface area contributed by atoms with Crippen LogP contribution in [0.3, 0.4) is 0 Å². The summed E-state index contributed by atoms with van der Waals surface area (Å²) in [5, 5.41) is 2.95. The Hall–Kier alpha value is -4.19. The third-order valence-corrected chi connectivity index (χ3v) is 5.01. The number of carbonyl (C=O) groups is 1. The topological polar surface area (TPSA) is 81.2 Å². The number of nitrogens with one attached hydrogen (secondary N) is 1. The number of fused-ring (bicyclic) bond motifs is 1. The van der Waals surface area contributed by atoms with E-state index >= 15 is 0 Å². The summed E-state index contributed by atoms with van der Waals surface area (Å²) in [6, 6.07) is 20.6. The third-order valence-electron chi connectivity index (χ3n) is 5.01. The van der Waals surface area contributed by atoms with Crippen LogP contribution >= 0.6 is 0 Å². The normalized spacial score (nSPS) is 11.0. The number of amides is 1. The largest absolute Gasteiger partial charge is 0.463 e. The van der Waals surface area contributed by atoms with E-state index in [0.717, 1.165) is 5.56 Å². The summed E-state index contributed by atoms with van der Waals surface area (Å²) in [7, 11) is 0. The molecule has 6 heteroatoms. The van der Waals surface area contributed by atoms with E-state index in [-0.39, 0.29) is 5.91 Å². The van der Waals surface area contributed by atoms with Crippen molar-refractivity contribution in [1.82, 2.24) is 15.3 Å². The van der Waals surface area contributed by atoms with E-state index < -0.39 is 0 Å². The molecule has 0 aliphatic heterocycles. The summed E-state index contributed by atoms with van der Waals surface area (Å²) in [6.45, 7) is 2.49. The molecule has 0 saturated carbocycles. The average Bonchev–Trinajstić information content (AvgIpc) is 3.52. The highest BCUT2D eigenvalue weighted by Crippen LogP contribution is 2.31. The smallest absolute Gasteiger partial charge is 0.251 e. The minimum absolute atomic E-state index is 0.168. The van der Waals surface area contributed by atoms with Crippen molar-refractivity contribution < 1.29 is 13.6 Å². The number of aromatic nitrogens is 2. The summed E-state index contributed by atoms with van der Waals surface area (Å²) in [5.74, 6) is 1.01. The lowest BCUT2D eigenvalue weighted by molar-refractivity contribution is 0.0951. The number of hydrogen-bond donors (Lipinski definition) is 1. The number of rotatable bonds is 5. The van der Waals surface area contributed by atoms with Crippen molar-refractivity contribution in [1.29, 1.82) is 0 Å². The number of furan rings is 2. The fourth-order valence-electron chi connectivity index (χ4n) is 3.36. The van der Waals surface area contributed by atoms with Crippen LogP contribution in [0.15, 0.2) is 88.1 Å². The molecule has 0 saturated heterocycles. The van der Waals surface area contributed by atoms with Gasteiger partial charge in [-0.25, -0.2) is 9.97 Å². The first-order valence-corrected chi connectivity index (χ1v) is 9.91. The van der Waals surface area contributed by atoms with Crippen molar-refractivity contribution in [2.45, 2.75) is 13.5 Å². The first kappa shape index (κ1) is 18.8. The number of aryl methyl sites for hydroxylation is 1. The predicted molar refractivity (Wildman–Crippen MR) is 117 cm³/mol. The maximum atomic E-state index is 12.7. The Morgan fingerprint density at radius 1 is 0.839 bits per heavy atom. The van der Waals surface area contributed by atoms with Gasteiger partial charge in [0, 0.05) is 12.1 Å². The maximum absolute atomic E-state index is 12.7. The van der Waals surface area contributed by atoms with E-state index in [1.165, 1.54) is 5.56 Å². The number of carbonyl (C=O) groups excluding carboxylic acids is 1. The second kappa shape index (κ2) is 7.91. The van der Waals surface area contributed by atoms with Crippen LogP contribution in [0.4, 0.5) is 0 Å². The molecule has 3 aromatic heterocycles. The summed E-state index contributed by atoms with van der Waals surface area (Å²) >= 11 is 0. The highest BCUT2D eigenvalue weighted by atomic mass is 16.3. The number of nitrogens with zero attached hydrogens (tertiary/aromatic N) is 2. The molecular formula is C25H19N3O3. The maximum Gasteiger partial charge on any atom is 0.251 e. The Morgan fingerprint density at radius 3 is 2.10 bits per heavy atom. The first-order valence-electron chi connectivity index (χ1n) is 9.91. The summed E-state index contributed by atoms with van der Waals surface area (Å²) in [4.78, 5) is 22.2. The Balaban J connectivity index is 1.48. The molecule has 1 N–H and O–H groups in total. The second-order valence-corrected chi connectivity index (χ2v) is 7.25. The van der Waals surface area contributed by atoms with Gasteiger partial charge in [-0.1, -0.05) is 29.8 Å². The Bertz CT molecular complexity index is 1340. The number of benzene rings is 2. The number of hydrogen-bond acceptors (Lipinski definition) is 5. The van der Waals surface area contributed by atoms with Gasteiger partial charge in [0.15, 0.2) is 11.5 Å². The van der Waals surface area contributed by atoms with Gasteiger partial charge >= 0.3 is 0 Å². The lowest BCUT2D eigenvalue weighted by Gasteiger charge is -2.09. The van der Waals surface area contributed by atoms with Gasteiger partial charge in [0.25, 0.3) is 5.91 Å². The zero-order chi connectivity index (χ0) is 21.2. The van der Waals surface area contributed by atoms with Crippen LogP contribution in [0.2, 0.25) is 0 Å². The molecule has 5 rings (SSSR count). The average molecular weight is 409 g/mol. The van der Waals surface area contributed by atoms with E-state index in [4.69, 9.17) is 18.8 Å². The monoisotopic (exact) mass is 409 g/mol. The van der Waals surface area contributed by atoms with Gasteiger partial charge in [0.2, 0.25) is 0 Å². The molecular weight excluding hydrogens is 390 g/mol. The van der Waals surface area contributed by atoms with Crippen molar-refractivity contribution in [3.63, 3.8) is 0 Å². The molecule has 3 heterocycles. The molecule has 2 aromatic carbocycles. The summed E-state index contributed by atoms with van der Waals surface area (Å²) < 4.78 is 11.1. The van der Waals surface area contributed by atoms with Crippen molar-refractivity contribution >= 4 is 16.9 Å². The molecule has 0 unspecified atom stereocenters. The van der Waals surface area contributed by atoms with E-state index in [9.17, 15) is 4.79 Å². The van der Waals surface area contributed by atoms with Gasteiger partial charge in [0.05, 0.1) is 23.6 Å². The fraction of sp³-hybridized carbons (Fsp3) is 0.0800. The quantitative estimate of drug-likeness (QED) is 0.421. The zero-order valence-corrected chi connectivity index (χ0v) is 16.8. The highest BCUT2D eigenvalue weighted by Gasteiger charge is 2.18. The summed E-state index contributed by atoms with van der Waals surface area (Å²) in [5.41, 5.74) is 5.16. The first-order chi connectivity index (χ1) is 15.2. The molecule has 0 spiro atoms. The van der Waals surface area contributed by atoms with Crippen LogP contribution in [-0.2, 0) is 6.54 Å². The van der Waals surface area contributed by atoms with Gasteiger partial charge in [-0.2, -0.15) is 0 Å². The minimum Gasteiger partial charge on any atom is -0.463 e. The van der Waals surface area contributed by atoms with Gasteiger partial charge < -0.3 is 14.2 Å².